The van der Waals surface area contributed by atoms with Gasteiger partial charge in [0.15, 0.2) is 5.58 Å². The molecule has 2 N–H and O–H groups in total. The molecule has 1 fully saturated rings. The lowest BCUT2D eigenvalue weighted by Gasteiger charge is -2.18. The molecule has 1 aliphatic rings. The molecule has 0 bridgehead atoms. The second kappa shape index (κ2) is 4.93. The quantitative estimate of drug-likeness (QED) is 0.728. The van der Waals surface area contributed by atoms with E-state index < -0.39 is 0 Å². The van der Waals surface area contributed by atoms with E-state index in [4.69, 9.17) is 14.6 Å². The maximum atomic E-state index is 5.81. The molecule has 1 aliphatic carbocycles. The fourth-order valence-electron chi connectivity index (χ4n) is 2.59. The lowest BCUT2D eigenvalue weighted by molar-refractivity contribution is 0.206. The van der Waals surface area contributed by atoms with Crippen molar-refractivity contribution in [2.45, 2.75) is 32.0 Å². The number of fused-ring (bicyclic) bond motifs is 1. The Morgan fingerprint density at radius 1 is 1.24 bits per heavy atom. The highest BCUT2D eigenvalue weighted by Gasteiger charge is 2.30. The minimum absolute atomic E-state index is 0.607. The summed E-state index contributed by atoms with van der Waals surface area (Å²) in [4.78, 5) is 6.89. The van der Waals surface area contributed by atoms with Gasteiger partial charge in [-0.3, -0.25) is 4.90 Å². The summed E-state index contributed by atoms with van der Waals surface area (Å²) in [7, 11) is 0. The first kappa shape index (κ1) is 12.5. The molecular formula is C16H17N3O2. The Kier molecular flexibility index (Phi) is 2.93. The third-order valence-corrected chi connectivity index (χ3v) is 3.80. The van der Waals surface area contributed by atoms with Gasteiger partial charge in [-0.25, -0.2) is 4.98 Å². The van der Waals surface area contributed by atoms with E-state index in [2.05, 4.69) is 9.88 Å². The van der Waals surface area contributed by atoms with E-state index in [1.54, 1.807) is 6.26 Å². The Bertz CT molecular complexity index is 744. The molecule has 4 rings (SSSR count). The average molecular weight is 283 g/mol. The summed E-state index contributed by atoms with van der Waals surface area (Å²) >= 11 is 0. The van der Waals surface area contributed by atoms with Crippen LogP contribution in [0.25, 0.3) is 11.1 Å². The number of hydrogen-bond acceptors (Lipinski definition) is 5. The van der Waals surface area contributed by atoms with E-state index in [0.29, 0.717) is 18.3 Å². The summed E-state index contributed by atoms with van der Waals surface area (Å²) in [5, 5.41) is 0. The zero-order valence-electron chi connectivity index (χ0n) is 11.7. The molecule has 0 spiro atoms. The van der Waals surface area contributed by atoms with Crippen LogP contribution in [0, 0.1) is 0 Å². The highest BCUT2D eigenvalue weighted by Crippen LogP contribution is 2.30. The smallest absolute Gasteiger partial charge is 0.209 e. The van der Waals surface area contributed by atoms with Gasteiger partial charge < -0.3 is 14.6 Å². The molecule has 21 heavy (non-hydrogen) atoms. The van der Waals surface area contributed by atoms with Crippen LogP contribution in [0.5, 0.6) is 0 Å². The standard InChI is InChI=1S/C16H17N3O2/c17-11-3-6-15-14(8-11)18-16(21-15)10-19(12-4-5-12)9-13-2-1-7-20-13/h1-3,6-8,12H,4-5,9-10,17H2. The van der Waals surface area contributed by atoms with Crippen LogP contribution in [-0.4, -0.2) is 15.9 Å². The van der Waals surface area contributed by atoms with Gasteiger partial charge in [0.1, 0.15) is 11.3 Å². The van der Waals surface area contributed by atoms with E-state index in [-0.39, 0.29) is 0 Å². The highest BCUT2D eigenvalue weighted by molar-refractivity contribution is 5.76. The predicted octanol–water partition coefficient (Wildman–Crippen LogP) is 3.17. The van der Waals surface area contributed by atoms with E-state index >= 15 is 0 Å². The Balaban J connectivity index is 1.56. The molecule has 3 aromatic rings. The Hall–Kier alpha value is -2.27. The van der Waals surface area contributed by atoms with Gasteiger partial charge in [0, 0.05) is 11.7 Å². The average Bonchev–Trinajstić information content (AvgIpc) is 3.04. The number of nitrogen functional groups attached to an aromatic ring is 1. The summed E-state index contributed by atoms with van der Waals surface area (Å²) in [5.74, 6) is 1.70. The SMILES string of the molecule is Nc1ccc2oc(CN(Cc3ccco3)C3CC3)nc2c1. The highest BCUT2D eigenvalue weighted by atomic mass is 16.3. The minimum atomic E-state index is 0.607. The molecule has 0 unspecified atom stereocenters. The van der Waals surface area contributed by atoms with Crippen LogP contribution in [-0.2, 0) is 13.1 Å². The summed E-state index contributed by atoms with van der Waals surface area (Å²) in [6.07, 6.45) is 4.17. The zero-order valence-corrected chi connectivity index (χ0v) is 11.7. The lowest BCUT2D eigenvalue weighted by Crippen LogP contribution is -2.24. The van der Waals surface area contributed by atoms with Gasteiger partial charge in [-0.15, -0.1) is 0 Å². The first-order chi connectivity index (χ1) is 10.3. The first-order valence-electron chi connectivity index (χ1n) is 7.19. The monoisotopic (exact) mass is 283 g/mol. The number of rotatable bonds is 5. The van der Waals surface area contributed by atoms with Gasteiger partial charge in [-0.2, -0.15) is 0 Å². The van der Waals surface area contributed by atoms with Gasteiger partial charge in [0.2, 0.25) is 5.89 Å². The molecule has 0 amide bonds. The van der Waals surface area contributed by atoms with Crippen LogP contribution < -0.4 is 5.73 Å². The van der Waals surface area contributed by atoms with Gasteiger partial charge in [-0.05, 0) is 43.2 Å². The molecule has 0 radical (unpaired) electrons. The van der Waals surface area contributed by atoms with Crippen molar-refractivity contribution in [2.75, 3.05) is 5.73 Å². The molecule has 0 saturated heterocycles. The number of oxazole rings is 1. The Morgan fingerprint density at radius 2 is 2.14 bits per heavy atom. The van der Waals surface area contributed by atoms with Crippen molar-refractivity contribution >= 4 is 16.8 Å². The van der Waals surface area contributed by atoms with Crippen LogP contribution in [0.4, 0.5) is 5.69 Å². The maximum Gasteiger partial charge on any atom is 0.209 e. The summed E-state index contributed by atoms with van der Waals surface area (Å²) in [6, 6.07) is 10.1. The summed E-state index contributed by atoms with van der Waals surface area (Å²) in [5.41, 5.74) is 8.09. The number of benzene rings is 1. The largest absolute Gasteiger partial charge is 0.468 e. The van der Waals surface area contributed by atoms with Crippen LogP contribution in [0.3, 0.4) is 0 Å². The summed E-state index contributed by atoms with van der Waals surface area (Å²) in [6.45, 7) is 1.48. The molecule has 1 saturated carbocycles. The van der Waals surface area contributed by atoms with Crippen molar-refractivity contribution in [1.29, 1.82) is 0 Å². The van der Waals surface area contributed by atoms with Crippen molar-refractivity contribution in [3.63, 3.8) is 0 Å². The van der Waals surface area contributed by atoms with Gasteiger partial charge in [0.25, 0.3) is 0 Å². The third-order valence-electron chi connectivity index (χ3n) is 3.80. The van der Waals surface area contributed by atoms with Gasteiger partial charge >= 0.3 is 0 Å². The van der Waals surface area contributed by atoms with Crippen molar-refractivity contribution in [2.24, 2.45) is 0 Å². The van der Waals surface area contributed by atoms with Crippen molar-refractivity contribution < 1.29 is 8.83 Å². The van der Waals surface area contributed by atoms with Crippen LogP contribution in [0.2, 0.25) is 0 Å². The van der Waals surface area contributed by atoms with Gasteiger partial charge in [0.05, 0.1) is 19.4 Å². The molecule has 5 heteroatoms. The van der Waals surface area contributed by atoms with E-state index in [9.17, 15) is 0 Å². The molecule has 2 heterocycles. The number of aromatic nitrogens is 1. The van der Waals surface area contributed by atoms with Crippen LogP contribution >= 0.6 is 0 Å². The van der Waals surface area contributed by atoms with Crippen LogP contribution in [0.1, 0.15) is 24.5 Å². The Labute approximate surface area is 122 Å². The van der Waals surface area contributed by atoms with Crippen LogP contribution in [0.15, 0.2) is 45.4 Å². The number of furan rings is 1. The molecule has 0 atom stereocenters. The molecule has 108 valence electrons. The lowest BCUT2D eigenvalue weighted by atomic mass is 10.3. The molecule has 5 nitrogen and oxygen atoms in total. The normalized spacial score (nSPS) is 15.1. The number of anilines is 1. The van der Waals surface area contributed by atoms with Crippen molar-refractivity contribution in [3.05, 3.63) is 48.2 Å². The molecular weight excluding hydrogens is 266 g/mol. The number of hydrogen-bond donors (Lipinski definition) is 1. The van der Waals surface area contributed by atoms with E-state index in [1.807, 2.05) is 30.3 Å². The molecule has 2 aromatic heterocycles. The summed E-state index contributed by atoms with van der Waals surface area (Å²) < 4.78 is 11.3. The number of nitrogens with two attached hydrogens (primary N) is 1. The predicted molar refractivity (Wildman–Crippen MR) is 79.4 cm³/mol. The van der Waals surface area contributed by atoms with E-state index in [0.717, 1.165) is 29.3 Å². The van der Waals surface area contributed by atoms with Gasteiger partial charge in [-0.1, -0.05) is 0 Å². The zero-order chi connectivity index (χ0) is 14.2. The second-order valence-corrected chi connectivity index (χ2v) is 5.55. The minimum Gasteiger partial charge on any atom is -0.468 e. The van der Waals surface area contributed by atoms with E-state index in [1.165, 1.54) is 12.8 Å². The fraction of sp³-hybridized carbons (Fsp3) is 0.312. The fourth-order valence-corrected chi connectivity index (χ4v) is 2.59. The topological polar surface area (TPSA) is 68.4 Å². The van der Waals surface area contributed by atoms with Crippen molar-refractivity contribution in [3.8, 4) is 0 Å². The maximum absolute atomic E-state index is 5.81. The van der Waals surface area contributed by atoms with Crippen molar-refractivity contribution in [1.82, 2.24) is 9.88 Å². The first-order valence-corrected chi connectivity index (χ1v) is 7.19. The molecule has 1 aromatic carbocycles. The number of nitrogens with zero attached hydrogens (tertiary/aromatic N) is 2. The second-order valence-electron chi connectivity index (χ2n) is 5.55. The Morgan fingerprint density at radius 3 is 2.90 bits per heavy atom. The third kappa shape index (κ3) is 2.64. The molecule has 0 aliphatic heterocycles.